The van der Waals surface area contributed by atoms with E-state index in [9.17, 15) is 4.79 Å². The number of likely N-dealkylation sites (tertiary alicyclic amines) is 1. The number of benzene rings is 1. The highest BCUT2D eigenvalue weighted by Gasteiger charge is 2.26. The Hall–Kier alpha value is -2.54. The highest BCUT2D eigenvalue weighted by atomic mass is 32.1. The number of thiazole rings is 1. The van der Waals surface area contributed by atoms with Crippen molar-refractivity contribution in [3.05, 3.63) is 42.4 Å². The fraction of sp³-hybridized carbons (Fsp3) is 0.333. The van der Waals surface area contributed by atoms with Crippen LogP contribution in [0.1, 0.15) is 23.4 Å². The first-order chi connectivity index (χ1) is 12.2. The van der Waals surface area contributed by atoms with Crippen molar-refractivity contribution in [2.45, 2.75) is 18.9 Å². The Kier molecular flexibility index (Phi) is 4.31. The zero-order valence-electron chi connectivity index (χ0n) is 13.8. The number of rotatable bonds is 4. The summed E-state index contributed by atoms with van der Waals surface area (Å²) in [5, 5.41) is 0.666. The fourth-order valence-corrected chi connectivity index (χ4v) is 3.80. The lowest BCUT2D eigenvalue weighted by Crippen LogP contribution is -2.41. The lowest BCUT2D eigenvalue weighted by Gasteiger charge is -2.31. The third-order valence-electron chi connectivity index (χ3n) is 4.30. The molecule has 0 aliphatic carbocycles. The van der Waals surface area contributed by atoms with Gasteiger partial charge in [0.1, 0.15) is 11.9 Å². The van der Waals surface area contributed by atoms with Gasteiger partial charge in [-0.05, 0) is 24.3 Å². The van der Waals surface area contributed by atoms with Crippen LogP contribution >= 0.6 is 11.3 Å². The lowest BCUT2D eigenvalue weighted by molar-refractivity contribution is 0.0567. The Labute approximate surface area is 149 Å². The van der Waals surface area contributed by atoms with Crippen molar-refractivity contribution in [3.63, 3.8) is 0 Å². The Bertz CT molecular complexity index is 866. The first-order valence-corrected chi connectivity index (χ1v) is 8.98. The quantitative estimate of drug-likeness (QED) is 0.713. The van der Waals surface area contributed by atoms with Gasteiger partial charge in [0.25, 0.3) is 11.1 Å². The normalized spacial score (nSPS) is 15.5. The second kappa shape index (κ2) is 6.76. The molecule has 0 saturated carbocycles. The van der Waals surface area contributed by atoms with Gasteiger partial charge < -0.3 is 18.8 Å². The molecule has 0 atom stereocenters. The SMILES string of the molecule is COc1ccc2sc(OC3CCN(C(=O)c4ccco4)CC3)nc2c1. The molecule has 1 fully saturated rings. The summed E-state index contributed by atoms with van der Waals surface area (Å²) in [4.78, 5) is 18.6. The van der Waals surface area contributed by atoms with E-state index in [0.717, 1.165) is 28.8 Å². The number of carbonyl (C=O) groups is 1. The average Bonchev–Trinajstić information content (AvgIpc) is 3.30. The molecule has 1 aliphatic heterocycles. The van der Waals surface area contributed by atoms with E-state index in [2.05, 4.69) is 4.98 Å². The Balaban J connectivity index is 1.37. The summed E-state index contributed by atoms with van der Waals surface area (Å²) in [7, 11) is 1.64. The van der Waals surface area contributed by atoms with Gasteiger partial charge in [-0.3, -0.25) is 4.79 Å². The molecule has 1 aromatic carbocycles. The summed E-state index contributed by atoms with van der Waals surface area (Å²) < 4.78 is 17.5. The summed E-state index contributed by atoms with van der Waals surface area (Å²) in [5.74, 6) is 1.11. The van der Waals surface area contributed by atoms with Gasteiger partial charge in [-0.1, -0.05) is 11.3 Å². The van der Waals surface area contributed by atoms with E-state index in [-0.39, 0.29) is 12.0 Å². The Morgan fingerprint density at radius 2 is 2.16 bits per heavy atom. The number of amides is 1. The first kappa shape index (κ1) is 16.0. The van der Waals surface area contributed by atoms with Crippen LogP contribution in [0.25, 0.3) is 10.2 Å². The van der Waals surface area contributed by atoms with Gasteiger partial charge >= 0.3 is 0 Å². The predicted molar refractivity (Wildman–Crippen MR) is 94.4 cm³/mol. The van der Waals surface area contributed by atoms with Gasteiger partial charge in [0.2, 0.25) is 0 Å². The van der Waals surface area contributed by atoms with Crippen molar-refractivity contribution in [3.8, 4) is 10.9 Å². The van der Waals surface area contributed by atoms with Gasteiger partial charge in [0, 0.05) is 32.0 Å². The van der Waals surface area contributed by atoms with Crippen molar-refractivity contribution < 1.29 is 18.7 Å². The van der Waals surface area contributed by atoms with Gasteiger partial charge in [0.05, 0.1) is 23.6 Å². The maximum Gasteiger partial charge on any atom is 0.289 e. The van der Waals surface area contributed by atoms with Gasteiger partial charge in [0.15, 0.2) is 5.76 Å². The summed E-state index contributed by atoms with van der Waals surface area (Å²) >= 11 is 1.53. The van der Waals surface area contributed by atoms with E-state index in [1.807, 2.05) is 23.1 Å². The molecule has 1 saturated heterocycles. The minimum Gasteiger partial charge on any atom is -0.497 e. The van der Waals surface area contributed by atoms with Crippen LogP contribution in [0.4, 0.5) is 0 Å². The largest absolute Gasteiger partial charge is 0.497 e. The molecule has 130 valence electrons. The number of aromatic nitrogens is 1. The fourth-order valence-electron chi connectivity index (χ4n) is 2.94. The minimum atomic E-state index is -0.0597. The van der Waals surface area contributed by atoms with Crippen LogP contribution in [0, 0.1) is 0 Å². The number of furan rings is 1. The molecule has 0 N–H and O–H groups in total. The Morgan fingerprint density at radius 1 is 1.32 bits per heavy atom. The van der Waals surface area contributed by atoms with Crippen LogP contribution in [0.15, 0.2) is 41.0 Å². The smallest absolute Gasteiger partial charge is 0.289 e. The molecule has 3 aromatic rings. The second-order valence-electron chi connectivity index (χ2n) is 5.90. The topological polar surface area (TPSA) is 64.8 Å². The third-order valence-corrected chi connectivity index (χ3v) is 5.23. The van der Waals surface area contributed by atoms with E-state index in [1.165, 1.54) is 17.6 Å². The van der Waals surface area contributed by atoms with Crippen molar-refractivity contribution in [1.29, 1.82) is 0 Å². The molecule has 6 nitrogen and oxygen atoms in total. The summed E-state index contributed by atoms with van der Waals surface area (Å²) in [6, 6.07) is 9.24. The number of nitrogens with zero attached hydrogens (tertiary/aromatic N) is 2. The number of piperidine rings is 1. The number of hydrogen-bond donors (Lipinski definition) is 0. The highest BCUT2D eigenvalue weighted by molar-refractivity contribution is 7.20. The van der Waals surface area contributed by atoms with Crippen molar-refractivity contribution in [1.82, 2.24) is 9.88 Å². The zero-order chi connectivity index (χ0) is 17.2. The average molecular weight is 358 g/mol. The molecule has 1 amide bonds. The number of carbonyl (C=O) groups excluding carboxylic acids is 1. The second-order valence-corrected chi connectivity index (χ2v) is 6.89. The third kappa shape index (κ3) is 3.32. The molecule has 0 radical (unpaired) electrons. The number of hydrogen-bond acceptors (Lipinski definition) is 6. The molecule has 7 heteroatoms. The molecular formula is C18H18N2O4S. The van der Waals surface area contributed by atoms with E-state index < -0.39 is 0 Å². The maximum atomic E-state index is 12.3. The van der Waals surface area contributed by atoms with Crippen LogP contribution < -0.4 is 9.47 Å². The first-order valence-electron chi connectivity index (χ1n) is 8.17. The van der Waals surface area contributed by atoms with Gasteiger partial charge in [-0.15, -0.1) is 0 Å². The molecule has 2 aromatic heterocycles. The van der Waals surface area contributed by atoms with Crippen molar-refractivity contribution >= 4 is 27.5 Å². The summed E-state index contributed by atoms with van der Waals surface area (Å²) in [5.41, 5.74) is 0.879. The summed E-state index contributed by atoms with van der Waals surface area (Å²) in [6.45, 7) is 1.31. The molecule has 3 heterocycles. The van der Waals surface area contributed by atoms with Crippen molar-refractivity contribution in [2.75, 3.05) is 20.2 Å². The Morgan fingerprint density at radius 3 is 2.88 bits per heavy atom. The van der Waals surface area contributed by atoms with Crippen molar-refractivity contribution in [2.24, 2.45) is 0 Å². The molecule has 0 bridgehead atoms. The number of methoxy groups -OCH3 is 1. The van der Waals surface area contributed by atoms with Crippen LogP contribution in [-0.4, -0.2) is 42.1 Å². The zero-order valence-corrected chi connectivity index (χ0v) is 14.6. The summed E-state index contributed by atoms with van der Waals surface area (Å²) in [6.07, 6.45) is 3.16. The van der Waals surface area contributed by atoms with E-state index in [0.29, 0.717) is 24.0 Å². The predicted octanol–water partition coefficient (Wildman–Crippen LogP) is 3.58. The van der Waals surface area contributed by atoms with E-state index >= 15 is 0 Å². The molecule has 25 heavy (non-hydrogen) atoms. The van der Waals surface area contributed by atoms with Gasteiger partial charge in [-0.2, -0.15) is 0 Å². The van der Waals surface area contributed by atoms with Crippen LogP contribution in [0.5, 0.6) is 10.9 Å². The molecular weight excluding hydrogens is 340 g/mol. The molecule has 1 aliphatic rings. The van der Waals surface area contributed by atoms with E-state index in [4.69, 9.17) is 13.9 Å². The van der Waals surface area contributed by atoms with Crippen LogP contribution in [0.2, 0.25) is 0 Å². The molecule has 4 rings (SSSR count). The monoisotopic (exact) mass is 358 g/mol. The molecule has 0 spiro atoms. The minimum absolute atomic E-state index is 0.0597. The van der Waals surface area contributed by atoms with Crippen LogP contribution in [-0.2, 0) is 0 Å². The lowest BCUT2D eigenvalue weighted by atomic mass is 10.1. The molecule has 0 unspecified atom stereocenters. The number of ether oxygens (including phenoxy) is 2. The number of fused-ring (bicyclic) bond motifs is 1. The maximum absolute atomic E-state index is 12.3. The standard InChI is InChI=1S/C18H18N2O4S/c1-22-13-4-5-16-14(11-13)19-18(25-16)24-12-6-8-20(9-7-12)17(21)15-3-2-10-23-15/h2-5,10-12H,6-9H2,1H3. The van der Waals surface area contributed by atoms with E-state index in [1.54, 1.807) is 19.2 Å². The highest BCUT2D eigenvalue weighted by Crippen LogP contribution is 2.32. The van der Waals surface area contributed by atoms with Crippen LogP contribution in [0.3, 0.4) is 0 Å². The van der Waals surface area contributed by atoms with Gasteiger partial charge in [-0.25, -0.2) is 4.98 Å².